The molecule has 3 heteroatoms. The quantitative estimate of drug-likeness (QED) is 0.848. The zero-order valence-corrected chi connectivity index (χ0v) is 14.1. The molecule has 3 atom stereocenters. The Morgan fingerprint density at radius 3 is 2.38 bits per heavy atom. The predicted molar refractivity (Wildman–Crippen MR) is 97.0 cm³/mol. The van der Waals surface area contributed by atoms with Crippen molar-refractivity contribution >= 4 is 0 Å². The molecule has 1 aliphatic carbocycles. The Morgan fingerprint density at radius 1 is 1.00 bits per heavy atom. The van der Waals surface area contributed by atoms with Gasteiger partial charge in [0, 0.05) is 5.92 Å². The summed E-state index contributed by atoms with van der Waals surface area (Å²) in [7, 11) is 0. The number of ether oxygens (including phenoxy) is 1. The molecule has 0 amide bonds. The molecule has 2 aromatic carbocycles. The molecule has 1 aliphatic rings. The van der Waals surface area contributed by atoms with Crippen molar-refractivity contribution < 1.29 is 9.84 Å². The molecule has 0 saturated heterocycles. The second kappa shape index (κ2) is 8.32. The molecule has 0 bridgehead atoms. The zero-order valence-electron chi connectivity index (χ0n) is 14.1. The van der Waals surface area contributed by atoms with Gasteiger partial charge in [-0.05, 0) is 48.6 Å². The van der Waals surface area contributed by atoms with E-state index in [1.165, 1.54) is 12.0 Å². The van der Waals surface area contributed by atoms with Crippen molar-refractivity contribution in [1.82, 2.24) is 0 Å². The van der Waals surface area contributed by atoms with E-state index in [-0.39, 0.29) is 17.9 Å². The van der Waals surface area contributed by atoms with Crippen molar-refractivity contribution in [1.29, 1.82) is 0 Å². The maximum atomic E-state index is 10.3. The summed E-state index contributed by atoms with van der Waals surface area (Å²) in [5.74, 6) is 1.37. The predicted octanol–water partition coefficient (Wildman–Crippen LogP) is 3.86. The van der Waals surface area contributed by atoms with Gasteiger partial charge in [0.25, 0.3) is 0 Å². The van der Waals surface area contributed by atoms with Crippen molar-refractivity contribution in [3.8, 4) is 5.75 Å². The Labute approximate surface area is 144 Å². The third-order valence-corrected chi connectivity index (χ3v) is 5.11. The Morgan fingerprint density at radius 2 is 1.71 bits per heavy atom. The first kappa shape index (κ1) is 17.0. The highest BCUT2D eigenvalue weighted by atomic mass is 16.5. The monoisotopic (exact) mass is 325 g/mol. The fourth-order valence-corrected chi connectivity index (χ4v) is 3.72. The van der Waals surface area contributed by atoms with Gasteiger partial charge in [-0.15, -0.1) is 0 Å². The van der Waals surface area contributed by atoms with Crippen LogP contribution in [0.5, 0.6) is 5.75 Å². The first-order valence-electron chi connectivity index (χ1n) is 8.92. The molecule has 3 rings (SSSR count). The highest BCUT2D eigenvalue weighted by Gasteiger charge is 2.30. The van der Waals surface area contributed by atoms with Gasteiger partial charge in [0.1, 0.15) is 12.4 Å². The molecule has 0 aromatic heterocycles. The fraction of sp³-hybridized carbons (Fsp3) is 0.429. The summed E-state index contributed by atoms with van der Waals surface area (Å²) in [6.45, 7) is 1.15. The van der Waals surface area contributed by atoms with Crippen LogP contribution in [0, 0.1) is 5.92 Å². The van der Waals surface area contributed by atoms with Crippen molar-refractivity contribution in [2.24, 2.45) is 11.7 Å². The number of aliphatic hydroxyl groups is 1. The van der Waals surface area contributed by atoms with Crippen molar-refractivity contribution in [2.45, 2.75) is 44.3 Å². The third kappa shape index (κ3) is 4.16. The van der Waals surface area contributed by atoms with E-state index in [9.17, 15) is 5.11 Å². The lowest BCUT2D eigenvalue weighted by Gasteiger charge is -2.34. The van der Waals surface area contributed by atoms with Gasteiger partial charge in [0.2, 0.25) is 0 Å². The van der Waals surface area contributed by atoms with Crippen LogP contribution in [-0.4, -0.2) is 17.8 Å². The number of nitrogens with two attached hydrogens (primary N) is 1. The molecule has 1 unspecified atom stereocenters. The van der Waals surface area contributed by atoms with Crippen molar-refractivity contribution in [3.63, 3.8) is 0 Å². The van der Waals surface area contributed by atoms with Crippen LogP contribution in [0.2, 0.25) is 0 Å². The molecule has 2 aromatic rings. The van der Waals surface area contributed by atoms with Crippen LogP contribution in [0.25, 0.3) is 0 Å². The molecular weight excluding hydrogens is 298 g/mol. The van der Waals surface area contributed by atoms with Crippen LogP contribution in [0.1, 0.15) is 42.7 Å². The van der Waals surface area contributed by atoms with E-state index in [2.05, 4.69) is 24.3 Å². The summed E-state index contributed by atoms with van der Waals surface area (Å²) in [4.78, 5) is 0. The first-order chi connectivity index (χ1) is 11.8. The third-order valence-electron chi connectivity index (χ3n) is 5.11. The molecule has 24 heavy (non-hydrogen) atoms. The molecule has 3 N–H and O–H groups in total. The topological polar surface area (TPSA) is 55.5 Å². The van der Waals surface area contributed by atoms with Gasteiger partial charge in [-0.1, -0.05) is 55.3 Å². The standard InChI is InChI=1S/C21H27NO2/c22-14-20(19-8-4-5-9-21(19)23)17-10-12-18(13-11-17)24-15-16-6-2-1-3-7-16/h1-3,6-7,10-13,19-21,23H,4-5,8-9,14-15,22H2/t19-,20?,21-/m0/s1. The lowest BCUT2D eigenvalue weighted by Crippen LogP contribution is -2.33. The summed E-state index contributed by atoms with van der Waals surface area (Å²) in [6.07, 6.45) is 4.06. The molecule has 0 spiro atoms. The molecule has 128 valence electrons. The summed E-state index contributed by atoms with van der Waals surface area (Å²) in [5.41, 5.74) is 8.39. The number of aliphatic hydroxyl groups excluding tert-OH is 1. The summed E-state index contributed by atoms with van der Waals surface area (Å²) in [6, 6.07) is 18.4. The average Bonchev–Trinajstić information content (AvgIpc) is 2.64. The SMILES string of the molecule is NCC(c1ccc(OCc2ccccc2)cc1)[C@@H]1CCCC[C@@H]1O. The average molecular weight is 325 g/mol. The van der Waals surface area contributed by atoms with Gasteiger partial charge in [-0.3, -0.25) is 0 Å². The zero-order chi connectivity index (χ0) is 16.8. The Kier molecular flexibility index (Phi) is 5.89. The first-order valence-corrected chi connectivity index (χ1v) is 8.92. The maximum absolute atomic E-state index is 10.3. The van der Waals surface area contributed by atoms with Crippen LogP contribution >= 0.6 is 0 Å². The smallest absolute Gasteiger partial charge is 0.119 e. The van der Waals surface area contributed by atoms with Gasteiger partial charge in [-0.2, -0.15) is 0 Å². The van der Waals surface area contributed by atoms with E-state index < -0.39 is 0 Å². The van der Waals surface area contributed by atoms with Gasteiger partial charge in [-0.25, -0.2) is 0 Å². The normalized spacial score (nSPS) is 22.1. The van der Waals surface area contributed by atoms with E-state index in [0.717, 1.165) is 30.6 Å². The van der Waals surface area contributed by atoms with Gasteiger partial charge >= 0.3 is 0 Å². The summed E-state index contributed by atoms with van der Waals surface area (Å²) in [5, 5.41) is 10.3. The van der Waals surface area contributed by atoms with Crippen LogP contribution in [0.4, 0.5) is 0 Å². The lowest BCUT2D eigenvalue weighted by atomic mass is 9.75. The molecule has 1 saturated carbocycles. The van der Waals surface area contributed by atoms with Crippen molar-refractivity contribution in [2.75, 3.05) is 6.54 Å². The molecule has 0 heterocycles. The Bertz CT molecular complexity index is 611. The maximum Gasteiger partial charge on any atom is 0.119 e. The molecular formula is C21H27NO2. The highest BCUT2D eigenvalue weighted by Crippen LogP contribution is 2.36. The largest absolute Gasteiger partial charge is 0.489 e. The van der Waals surface area contributed by atoms with E-state index in [1.54, 1.807) is 0 Å². The van der Waals surface area contributed by atoms with Gasteiger partial charge < -0.3 is 15.6 Å². The number of hydrogen-bond donors (Lipinski definition) is 2. The van der Waals surface area contributed by atoms with Crippen LogP contribution in [-0.2, 0) is 6.61 Å². The number of benzene rings is 2. The Balaban J connectivity index is 1.64. The van der Waals surface area contributed by atoms with E-state index in [1.807, 2.05) is 30.3 Å². The van der Waals surface area contributed by atoms with E-state index >= 15 is 0 Å². The van der Waals surface area contributed by atoms with E-state index in [0.29, 0.717) is 13.2 Å². The lowest BCUT2D eigenvalue weighted by molar-refractivity contribution is 0.0561. The highest BCUT2D eigenvalue weighted by molar-refractivity contribution is 5.30. The van der Waals surface area contributed by atoms with Crippen LogP contribution < -0.4 is 10.5 Å². The van der Waals surface area contributed by atoms with Gasteiger partial charge in [0.15, 0.2) is 0 Å². The molecule has 0 aliphatic heterocycles. The van der Waals surface area contributed by atoms with E-state index in [4.69, 9.17) is 10.5 Å². The number of rotatable bonds is 6. The minimum absolute atomic E-state index is 0.221. The fourth-order valence-electron chi connectivity index (χ4n) is 3.72. The minimum atomic E-state index is -0.221. The van der Waals surface area contributed by atoms with Gasteiger partial charge in [0.05, 0.1) is 6.10 Å². The summed E-state index contributed by atoms with van der Waals surface area (Å²) >= 11 is 0. The summed E-state index contributed by atoms with van der Waals surface area (Å²) < 4.78 is 5.85. The van der Waals surface area contributed by atoms with Crippen LogP contribution in [0.3, 0.4) is 0 Å². The number of hydrogen-bond acceptors (Lipinski definition) is 3. The second-order valence-electron chi connectivity index (χ2n) is 6.70. The molecule has 0 radical (unpaired) electrons. The van der Waals surface area contributed by atoms with Crippen molar-refractivity contribution in [3.05, 3.63) is 65.7 Å². The molecule has 1 fully saturated rings. The minimum Gasteiger partial charge on any atom is -0.489 e. The van der Waals surface area contributed by atoms with Crippen LogP contribution in [0.15, 0.2) is 54.6 Å². The second-order valence-corrected chi connectivity index (χ2v) is 6.70. The molecule has 3 nitrogen and oxygen atoms in total. The Hall–Kier alpha value is -1.84.